The summed E-state index contributed by atoms with van der Waals surface area (Å²) in [6.45, 7) is 4.48. The zero-order valence-electron chi connectivity index (χ0n) is 11.2. The highest BCUT2D eigenvalue weighted by atomic mass is 14.3. The lowest BCUT2D eigenvalue weighted by Gasteiger charge is -2.08. The van der Waals surface area contributed by atoms with Gasteiger partial charge in [-0.3, -0.25) is 0 Å². The second kappa shape index (κ2) is 4.61. The maximum atomic E-state index is 2.36. The fraction of sp³-hybridized carbons (Fsp3) is 0.333. The van der Waals surface area contributed by atoms with Crippen molar-refractivity contribution in [3.63, 3.8) is 0 Å². The number of rotatable bonds is 3. The van der Waals surface area contributed by atoms with Gasteiger partial charge in [-0.05, 0) is 46.9 Å². The van der Waals surface area contributed by atoms with Crippen molar-refractivity contribution < 1.29 is 0 Å². The van der Waals surface area contributed by atoms with Gasteiger partial charge in [-0.25, -0.2) is 0 Å². The Hall–Kier alpha value is -1.56. The van der Waals surface area contributed by atoms with E-state index in [-0.39, 0.29) is 0 Å². The molecule has 92 valence electrons. The summed E-state index contributed by atoms with van der Waals surface area (Å²) in [6, 6.07) is 18.1. The van der Waals surface area contributed by atoms with Gasteiger partial charge in [0.05, 0.1) is 0 Å². The lowest BCUT2D eigenvalue weighted by Crippen LogP contribution is -1.87. The molecule has 0 aliphatic heterocycles. The predicted octanol–water partition coefficient (Wildman–Crippen LogP) is 5.35. The summed E-state index contributed by atoms with van der Waals surface area (Å²) in [7, 11) is 0. The first-order valence-corrected chi connectivity index (χ1v) is 6.94. The third-order valence-electron chi connectivity index (χ3n) is 3.85. The zero-order valence-corrected chi connectivity index (χ0v) is 11.2. The number of hydrogen-bond acceptors (Lipinski definition) is 0. The van der Waals surface area contributed by atoms with E-state index in [0.29, 0.717) is 5.92 Å². The van der Waals surface area contributed by atoms with Gasteiger partial charge < -0.3 is 0 Å². The van der Waals surface area contributed by atoms with Crippen molar-refractivity contribution >= 4 is 0 Å². The minimum Gasteiger partial charge on any atom is -0.0614 e. The minimum atomic E-state index is 0.608. The Morgan fingerprint density at radius 2 is 1.61 bits per heavy atom. The molecule has 1 aliphatic rings. The zero-order chi connectivity index (χ0) is 12.5. The topological polar surface area (TPSA) is 0 Å². The first-order valence-electron chi connectivity index (χ1n) is 6.94. The fourth-order valence-electron chi connectivity index (χ4n) is 2.45. The summed E-state index contributed by atoms with van der Waals surface area (Å²) in [4.78, 5) is 0. The standard InChI is InChI=1S/C18H20/c1-13(2)14-6-8-15(9-7-14)17-4-3-5-18(12-17)16-10-11-16/h3-9,12-13,16H,10-11H2,1-2H3. The average molecular weight is 236 g/mol. The summed E-state index contributed by atoms with van der Waals surface area (Å²) < 4.78 is 0. The molecule has 1 saturated carbocycles. The van der Waals surface area contributed by atoms with Crippen LogP contribution in [0.2, 0.25) is 0 Å². The SMILES string of the molecule is CC(C)c1ccc(-c2cccc(C3CC3)c2)cc1. The summed E-state index contributed by atoms with van der Waals surface area (Å²) in [5.74, 6) is 1.44. The Morgan fingerprint density at radius 3 is 2.22 bits per heavy atom. The van der Waals surface area contributed by atoms with Crippen LogP contribution in [0.25, 0.3) is 11.1 Å². The molecule has 1 aliphatic carbocycles. The summed E-state index contributed by atoms with van der Waals surface area (Å²) in [6.07, 6.45) is 2.74. The number of hydrogen-bond donors (Lipinski definition) is 0. The molecule has 0 amide bonds. The molecule has 0 aromatic heterocycles. The average Bonchev–Trinajstić information content (AvgIpc) is 3.23. The maximum Gasteiger partial charge on any atom is -0.0161 e. The smallest absolute Gasteiger partial charge is 0.0161 e. The largest absolute Gasteiger partial charge is 0.0614 e. The van der Waals surface area contributed by atoms with Crippen LogP contribution in [0.5, 0.6) is 0 Å². The van der Waals surface area contributed by atoms with Crippen LogP contribution in [0.3, 0.4) is 0 Å². The van der Waals surface area contributed by atoms with Crippen LogP contribution in [0.15, 0.2) is 48.5 Å². The maximum absolute atomic E-state index is 2.36. The quantitative estimate of drug-likeness (QED) is 0.673. The summed E-state index contributed by atoms with van der Waals surface area (Å²) in [5.41, 5.74) is 5.62. The molecular formula is C18H20. The van der Waals surface area contributed by atoms with Crippen molar-refractivity contribution in [2.45, 2.75) is 38.5 Å². The van der Waals surface area contributed by atoms with Gasteiger partial charge >= 0.3 is 0 Å². The van der Waals surface area contributed by atoms with Gasteiger partial charge in [0, 0.05) is 0 Å². The molecular weight excluding hydrogens is 216 g/mol. The molecule has 1 fully saturated rings. The highest BCUT2D eigenvalue weighted by molar-refractivity contribution is 5.65. The van der Waals surface area contributed by atoms with E-state index in [1.54, 1.807) is 0 Å². The van der Waals surface area contributed by atoms with E-state index in [2.05, 4.69) is 62.4 Å². The monoisotopic (exact) mass is 236 g/mol. The van der Waals surface area contributed by atoms with E-state index in [1.165, 1.54) is 35.1 Å². The molecule has 0 heteroatoms. The van der Waals surface area contributed by atoms with E-state index >= 15 is 0 Å². The lowest BCUT2D eigenvalue weighted by atomic mass is 9.97. The Morgan fingerprint density at radius 1 is 0.889 bits per heavy atom. The number of benzene rings is 2. The van der Waals surface area contributed by atoms with Crippen LogP contribution in [-0.4, -0.2) is 0 Å². The van der Waals surface area contributed by atoms with Crippen LogP contribution in [0.1, 0.15) is 49.7 Å². The van der Waals surface area contributed by atoms with Gasteiger partial charge in [0.1, 0.15) is 0 Å². The molecule has 0 spiro atoms. The van der Waals surface area contributed by atoms with E-state index < -0.39 is 0 Å². The van der Waals surface area contributed by atoms with Crippen molar-refractivity contribution in [3.05, 3.63) is 59.7 Å². The molecule has 0 N–H and O–H groups in total. The van der Waals surface area contributed by atoms with Crippen molar-refractivity contribution in [2.75, 3.05) is 0 Å². The molecule has 0 bridgehead atoms. The lowest BCUT2D eigenvalue weighted by molar-refractivity contribution is 0.867. The summed E-state index contributed by atoms with van der Waals surface area (Å²) >= 11 is 0. The highest BCUT2D eigenvalue weighted by Gasteiger charge is 2.23. The van der Waals surface area contributed by atoms with Crippen LogP contribution < -0.4 is 0 Å². The molecule has 0 nitrogen and oxygen atoms in total. The van der Waals surface area contributed by atoms with Crippen LogP contribution in [0.4, 0.5) is 0 Å². The van der Waals surface area contributed by atoms with Gasteiger partial charge in [-0.1, -0.05) is 62.4 Å². The normalized spacial score (nSPS) is 15.1. The van der Waals surface area contributed by atoms with E-state index in [4.69, 9.17) is 0 Å². The van der Waals surface area contributed by atoms with Crippen LogP contribution >= 0.6 is 0 Å². The fourth-order valence-corrected chi connectivity index (χ4v) is 2.45. The third kappa shape index (κ3) is 2.33. The van der Waals surface area contributed by atoms with Gasteiger partial charge in [0.25, 0.3) is 0 Å². The molecule has 0 heterocycles. The van der Waals surface area contributed by atoms with E-state index in [1.807, 2.05) is 0 Å². The Kier molecular flexibility index (Phi) is 2.95. The molecule has 18 heavy (non-hydrogen) atoms. The van der Waals surface area contributed by atoms with Gasteiger partial charge in [-0.15, -0.1) is 0 Å². The van der Waals surface area contributed by atoms with Crippen LogP contribution in [-0.2, 0) is 0 Å². The van der Waals surface area contributed by atoms with E-state index in [9.17, 15) is 0 Å². The van der Waals surface area contributed by atoms with Crippen molar-refractivity contribution in [3.8, 4) is 11.1 Å². The second-order valence-electron chi connectivity index (χ2n) is 5.68. The van der Waals surface area contributed by atoms with Gasteiger partial charge in [0.15, 0.2) is 0 Å². The van der Waals surface area contributed by atoms with Gasteiger partial charge in [-0.2, -0.15) is 0 Å². The first-order chi connectivity index (χ1) is 8.74. The summed E-state index contributed by atoms with van der Waals surface area (Å²) in [5, 5.41) is 0. The molecule has 2 aromatic carbocycles. The van der Waals surface area contributed by atoms with Crippen molar-refractivity contribution in [1.29, 1.82) is 0 Å². The predicted molar refractivity (Wildman–Crippen MR) is 77.9 cm³/mol. The molecule has 0 radical (unpaired) electrons. The molecule has 0 unspecified atom stereocenters. The third-order valence-corrected chi connectivity index (χ3v) is 3.85. The molecule has 0 saturated heterocycles. The van der Waals surface area contributed by atoms with Gasteiger partial charge in [0.2, 0.25) is 0 Å². The molecule has 2 aromatic rings. The van der Waals surface area contributed by atoms with Crippen LogP contribution in [0, 0.1) is 0 Å². The Balaban J connectivity index is 1.91. The second-order valence-corrected chi connectivity index (χ2v) is 5.68. The van der Waals surface area contributed by atoms with Crippen molar-refractivity contribution in [2.24, 2.45) is 0 Å². The Labute approximate surface area is 110 Å². The Bertz CT molecular complexity index is 530. The molecule has 3 rings (SSSR count). The van der Waals surface area contributed by atoms with E-state index in [0.717, 1.165) is 5.92 Å². The molecule has 0 atom stereocenters. The minimum absolute atomic E-state index is 0.608. The highest BCUT2D eigenvalue weighted by Crippen LogP contribution is 2.41. The first kappa shape index (κ1) is 11.5. The van der Waals surface area contributed by atoms with Crippen molar-refractivity contribution in [1.82, 2.24) is 0 Å².